The Hall–Kier alpha value is -1.35. The van der Waals surface area contributed by atoms with E-state index in [9.17, 15) is 0 Å². The van der Waals surface area contributed by atoms with Gasteiger partial charge in [0.15, 0.2) is 0 Å². The Morgan fingerprint density at radius 1 is 1.08 bits per heavy atom. The summed E-state index contributed by atoms with van der Waals surface area (Å²) in [5, 5.41) is 3.23. The van der Waals surface area contributed by atoms with Crippen LogP contribution < -0.4 is 5.32 Å². The van der Waals surface area contributed by atoms with Crippen LogP contribution in [0.2, 0.25) is 5.02 Å². The molecule has 2 nitrogen and oxygen atoms in total. The van der Waals surface area contributed by atoms with E-state index < -0.39 is 0 Å². The molecule has 0 bridgehead atoms. The topological polar surface area (TPSA) is 25.8 Å². The molecule has 2 aromatic carbocycles. The number of nitrogens with two attached hydrogens (primary N) is 1. The molecule has 1 aliphatic heterocycles. The summed E-state index contributed by atoms with van der Waals surface area (Å²) in [5.74, 6) is 0.533. The van der Waals surface area contributed by atoms with Gasteiger partial charge in [-0.1, -0.05) is 54.1 Å². The fourth-order valence-electron chi connectivity index (χ4n) is 3.47. The largest absolute Gasteiger partial charge is 0.372 e. The zero-order chi connectivity index (χ0) is 16.6. The zero-order valence-electron chi connectivity index (χ0n) is 14.2. The van der Waals surface area contributed by atoms with Crippen molar-refractivity contribution in [2.75, 3.05) is 19.7 Å². The maximum Gasteiger partial charge on any atom is 0.106 e. The molecule has 0 unspecified atom stereocenters. The Morgan fingerprint density at radius 3 is 2.58 bits per heavy atom. The Kier molecular flexibility index (Phi) is 6.71. The van der Waals surface area contributed by atoms with E-state index in [0.717, 1.165) is 31.1 Å². The summed E-state index contributed by atoms with van der Waals surface area (Å²) >= 11 is 6.06. The quantitative estimate of drug-likeness (QED) is 0.724. The van der Waals surface area contributed by atoms with Crippen molar-refractivity contribution in [1.82, 2.24) is 0 Å². The number of hydrogen-bond donors (Lipinski definition) is 1. The van der Waals surface area contributed by atoms with Gasteiger partial charge in [0, 0.05) is 18.1 Å². The van der Waals surface area contributed by atoms with Gasteiger partial charge in [-0.25, -0.2) is 0 Å². The molecule has 1 saturated heterocycles. The van der Waals surface area contributed by atoms with E-state index in [2.05, 4.69) is 47.8 Å². The number of halogens is 1. The first-order valence-corrected chi connectivity index (χ1v) is 9.42. The third kappa shape index (κ3) is 5.34. The van der Waals surface area contributed by atoms with Crippen molar-refractivity contribution < 1.29 is 10.1 Å². The average Bonchev–Trinajstić information content (AvgIpc) is 3.13. The lowest BCUT2D eigenvalue weighted by atomic mass is 9.89. The van der Waals surface area contributed by atoms with Crippen LogP contribution in [-0.4, -0.2) is 25.8 Å². The van der Waals surface area contributed by atoms with Crippen molar-refractivity contribution in [1.29, 1.82) is 0 Å². The fourth-order valence-corrected chi connectivity index (χ4v) is 3.60. The number of benzene rings is 2. The lowest BCUT2D eigenvalue weighted by Gasteiger charge is -2.18. The van der Waals surface area contributed by atoms with E-state index in [-0.39, 0.29) is 0 Å². The molecule has 2 aromatic rings. The highest BCUT2D eigenvalue weighted by Gasteiger charge is 2.18. The van der Waals surface area contributed by atoms with Crippen molar-refractivity contribution in [2.24, 2.45) is 0 Å². The first kappa shape index (κ1) is 17.5. The molecule has 24 heavy (non-hydrogen) atoms. The molecule has 0 amide bonds. The van der Waals surface area contributed by atoms with Crippen molar-refractivity contribution in [2.45, 2.75) is 37.7 Å². The normalized spacial score (nSPS) is 18.6. The Balaban J connectivity index is 1.57. The number of rotatable bonds is 8. The van der Waals surface area contributed by atoms with E-state index in [1.165, 1.54) is 30.4 Å². The second kappa shape index (κ2) is 9.22. The fraction of sp³-hybridized carbons (Fsp3) is 0.429. The van der Waals surface area contributed by atoms with Crippen molar-refractivity contribution >= 4 is 11.6 Å². The van der Waals surface area contributed by atoms with Crippen LogP contribution in [0.1, 0.15) is 36.3 Å². The highest BCUT2D eigenvalue weighted by atomic mass is 35.5. The van der Waals surface area contributed by atoms with Gasteiger partial charge in [-0.05, 0) is 48.4 Å². The lowest BCUT2D eigenvalue weighted by molar-refractivity contribution is -0.661. The third-order valence-electron chi connectivity index (χ3n) is 4.84. The molecule has 1 heterocycles. The van der Waals surface area contributed by atoms with Crippen LogP contribution in [0.25, 0.3) is 0 Å². The van der Waals surface area contributed by atoms with E-state index in [1.54, 1.807) is 0 Å². The SMILES string of the molecule is Clc1ccc([C@H](CC[NH2+]C[C@H]2CCCO2)Cc2ccccc2)cc1. The standard InChI is InChI=1S/C21H26ClNO/c22-20-10-8-18(9-11-20)19(15-17-5-2-1-3-6-17)12-13-23-16-21-7-4-14-24-21/h1-3,5-6,8-11,19,21,23H,4,7,12-16H2/p+1/t19-,21-/m1/s1. The van der Waals surface area contributed by atoms with Gasteiger partial charge in [-0.2, -0.15) is 0 Å². The average molecular weight is 345 g/mol. The number of hydrogen-bond acceptors (Lipinski definition) is 1. The van der Waals surface area contributed by atoms with Gasteiger partial charge in [0.1, 0.15) is 12.6 Å². The van der Waals surface area contributed by atoms with Crippen LogP contribution in [0.15, 0.2) is 54.6 Å². The van der Waals surface area contributed by atoms with Gasteiger partial charge in [-0.3, -0.25) is 0 Å². The first-order valence-electron chi connectivity index (χ1n) is 9.04. The highest BCUT2D eigenvalue weighted by molar-refractivity contribution is 6.30. The van der Waals surface area contributed by atoms with E-state index in [4.69, 9.17) is 16.3 Å². The van der Waals surface area contributed by atoms with Gasteiger partial charge in [0.05, 0.1) is 6.54 Å². The maximum atomic E-state index is 6.06. The molecule has 0 spiro atoms. The molecule has 1 fully saturated rings. The Morgan fingerprint density at radius 2 is 1.88 bits per heavy atom. The summed E-state index contributed by atoms with van der Waals surface area (Å²) in [4.78, 5) is 0. The van der Waals surface area contributed by atoms with Gasteiger partial charge >= 0.3 is 0 Å². The second-order valence-electron chi connectivity index (χ2n) is 6.67. The molecule has 3 heteroatoms. The van der Waals surface area contributed by atoms with E-state index in [1.807, 2.05) is 12.1 Å². The monoisotopic (exact) mass is 344 g/mol. The summed E-state index contributed by atoms with van der Waals surface area (Å²) < 4.78 is 5.71. The van der Waals surface area contributed by atoms with Crippen LogP contribution in [0.3, 0.4) is 0 Å². The van der Waals surface area contributed by atoms with Crippen LogP contribution >= 0.6 is 11.6 Å². The minimum absolute atomic E-state index is 0.466. The molecule has 2 atom stereocenters. The molecule has 2 N–H and O–H groups in total. The predicted molar refractivity (Wildman–Crippen MR) is 99.6 cm³/mol. The van der Waals surface area contributed by atoms with Gasteiger partial charge in [0.2, 0.25) is 0 Å². The lowest BCUT2D eigenvalue weighted by Crippen LogP contribution is -2.86. The van der Waals surface area contributed by atoms with Gasteiger partial charge in [0.25, 0.3) is 0 Å². The highest BCUT2D eigenvalue weighted by Crippen LogP contribution is 2.25. The minimum atomic E-state index is 0.466. The van der Waals surface area contributed by atoms with Crippen LogP contribution in [0.4, 0.5) is 0 Å². The smallest absolute Gasteiger partial charge is 0.106 e. The molecule has 1 aliphatic rings. The predicted octanol–water partition coefficient (Wildman–Crippen LogP) is 3.80. The van der Waals surface area contributed by atoms with Gasteiger partial charge < -0.3 is 10.1 Å². The molecular formula is C21H27ClNO+. The van der Waals surface area contributed by atoms with Crippen molar-refractivity contribution in [3.05, 3.63) is 70.7 Å². The molecule has 0 radical (unpaired) electrons. The summed E-state index contributed by atoms with van der Waals surface area (Å²) in [6.07, 6.45) is 5.16. The molecule has 3 rings (SSSR count). The second-order valence-corrected chi connectivity index (χ2v) is 7.11. The van der Waals surface area contributed by atoms with E-state index in [0.29, 0.717) is 12.0 Å². The molecular weight excluding hydrogens is 318 g/mol. The first-order chi connectivity index (χ1) is 11.8. The number of ether oxygens (including phenoxy) is 1. The summed E-state index contributed by atoms with van der Waals surface area (Å²) in [5.41, 5.74) is 2.78. The van der Waals surface area contributed by atoms with Crippen LogP contribution in [0, 0.1) is 0 Å². The Labute approximate surface area is 150 Å². The van der Waals surface area contributed by atoms with Crippen LogP contribution in [-0.2, 0) is 11.2 Å². The molecule has 0 aliphatic carbocycles. The van der Waals surface area contributed by atoms with Crippen LogP contribution in [0.5, 0.6) is 0 Å². The van der Waals surface area contributed by atoms with Crippen molar-refractivity contribution in [3.63, 3.8) is 0 Å². The minimum Gasteiger partial charge on any atom is -0.372 e. The van der Waals surface area contributed by atoms with Crippen molar-refractivity contribution in [3.8, 4) is 0 Å². The Bertz CT molecular complexity index is 593. The molecule has 0 saturated carbocycles. The molecule has 0 aromatic heterocycles. The summed E-state index contributed by atoms with van der Waals surface area (Å²) in [6.45, 7) is 3.18. The number of quaternary nitrogens is 1. The third-order valence-corrected chi connectivity index (χ3v) is 5.09. The zero-order valence-corrected chi connectivity index (χ0v) is 14.9. The van der Waals surface area contributed by atoms with E-state index >= 15 is 0 Å². The summed E-state index contributed by atoms with van der Waals surface area (Å²) in [7, 11) is 0. The molecule has 128 valence electrons. The summed E-state index contributed by atoms with van der Waals surface area (Å²) in [6, 6.07) is 19.1. The maximum absolute atomic E-state index is 6.06. The van der Waals surface area contributed by atoms with Gasteiger partial charge in [-0.15, -0.1) is 0 Å².